The summed E-state index contributed by atoms with van der Waals surface area (Å²) >= 11 is 0. The monoisotopic (exact) mass is 403 g/mol. The molecule has 0 unspecified atom stereocenters. The van der Waals surface area contributed by atoms with E-state index in [0.717, 1.165) is 17.6 Å². The molecule has 2 aromatic carbocycles. The van der Waals surface area contributed by atoms with Crippen molar-refractivity contribution in [3.8, 4) is 5.75 Å². The number of esters is 1. The first-order chi connectivity index (χ1) is 13.2. The van der Waals surface area contributed by atoms with Gasteiger partial charge in [0, 0.05) is 11.3 Å². The lowest BCUT2D eigenvalue weighted by atomic mass is 9.97. The molecule has 0 fully saturated rings. The number of para-hydroxylation sites is 1. The number of hydrogen-bond acceptors (Lipinski definition) is 6. The lowest BCUT2D eigenvalue weighted by molar-refractivity contribution is -0.152. The molecule has 0 aliphatic carbocycles. The molecule has 28 heavy (non-hydrogen) atoms. The zero-order valence-electron chi connectivity index (χ0n) is 15.5. The van der Waals surface area contributed by atoms with Crippen LogP contribution in [0.1, 0.15) is 22.8 Å². The van der Waals surface area contributed by atoms with Crippen molar-refractivity contribution >= 4 is 27.5 Å². The highest BCUT2D eigenvalue weighted by molar-refractivity contribution is 7.92. The van der Waals surface area contributed by atoms with Crippen molar-refractivity contribution in [2.24, 2.45) is 5.92 Å². The minimum atomic E-state index is -3.39. The van der Waals surface area contributed by atoms with Crippen LogP contribution in [0.15, 0.2) is 48.5 Å². The molecule has 3 rings (SSSR count). The van der Waals surface area contributed by atoms with E-state index in [-0.39, 0.29) is 12.4 Å². The summed E-state index contributed by atoms with van der Waals surface area (Å²) < 4.78 is 35.7. The largest absolute Gasteiger partial charge is 0.492 e. The van der Waals surface area contributed by atoms with Crippen LogP contribution in [0.4, 0.5) is 5.69 Å². The number of ether oxygens (including phenoxy) is 2. The van der Waals surface area contributed by atoms with Crippen molar-refractivity contribution in [1.29, 1.82) is 0 Å². The van der Waals surface area contributed by atoms with Crippen LogP contribution in [0.3, 0.4) is 0 Å². The van der Waals surface area contributed by atoms with Gasteiger partial charge in [-0.15, -0.1) is 0 Å². The Kier molecular flexibility index (Phi) is 5.69. The summed E-state index contributed by atoms with van der Waals surface area (Å²) in [6.07, 6.45) is 0.585. The number of fused-ring (bicyclic) bond motifs is 1. The second-order valence-electron chi connectivity index (χ2n) is 6.71. The molecular formula is C20H21NO6S. The number of hydrogen-bond donors (Lipinski definition) is 1. The molecule has 7 nitrogen and oxygen atoms in total. The molecule has 0 spiro atoms. The number of Topliss-reactive ketones (excluding diaryl/α,β-unsaturated/α-hetero) is 1. The third kappa shape index (κ3) is 4.89. The summed E-state index contributed by atoms with van der Waals surface area (Å²) in [4.78, 5) is 24.9. The van der Waals surface area contributed by atoms with E-state index >= 15 is 0 Å². The van der Waals surface area contributed by atoms with Gasteiger partial charge < -0.3 is 9.47 Å². The Morgan fingerprint density at radius 1 is 1.14 bits per heavy atom. The maximum absolute atomic E-state index is 12.5. The van der Waals surface area contributed by atoms with E-state index in [2.05, 4.69) is 4.72 Å². The molecule has 2 atom stereocenters. The predicted octanol–water partition coefficient (Wildman–Crippen LogP) is 2.42. The molecule has 1 heterocycles. The van der Waals surface area contributed by atoms with Gasteiger partial charge in [-0.05, 0) is 49.2 Å². The third-order valence-electron chi connectivity index (χ3n) is 4.35. The van der Waals surface area contributed by atoms with Crippen LogP contribution >= 0.6 is 0 Å². The second kappa shape index (κ2) is 8.02. The molecule has 1 aliphatic heterocycles. The Labute approximate surface area is 163 Å². The standard InChI is InChI=1S/C20H21NO6S/c1-13(19(22)14-7-9-17(10-8-14)21-28(2,24)25)27-20(23)16-11-15-5-3-4-6-18(15)26-12-16/h3-10,13,16,21H,11-12H2,1-2H3/t13-,16-/m1/s1. The number of sulfonamides is 1. The number of carbonyl (C=O) groups is 2. The van der Waals surface area contributed by atoms with Gasteiger partial charge in [0.15, 0.2) is 6.10 Å². The number of carbonyl (C=O) groups excluding carboxylic acids is 2. The Bertz CT molecular complexity index is 984. The van der Waals surface area contributed by atoms with E-state index in [4.69, 9.17) is 9.47 Å². The third-order valence-corrected chi connectivity index (χ3v) is 4.95. The zero-order valence-corrected chi connectivity index (χ0v) is 16.4. The minimum Gasteiger partial charge on any atom is -0.492 e. The minimum absolute atomic E-state index is 0.211. The lowest BCUT2D eigenvalue weighted by Gasteiger charge is -2.25. The van der Waals surface area contributed by atoms with Crippen LogP contribution in [-0.2, 0) is 26.0 Å². The first-order valence-electron chi connectivity index (χ1n) is 8.76. The fourth-order valence-corrected chi connectivity index (χ4v) is 3.52. The molecule has 0 radical (unpaired) electrons. The fourth-order valence-electron chi connectivity index (χ4n) is 2.95. The normalized spacial score (nSPS) is 17.0. The molecule has 0 saturated carbocycles. The van der Waals surface area contributed by atoms with Gasteiger partial charge in [-0.2, -0.15) is 0 Å². The summed E-state index contributed by atoms with van der Waals surface area (Å²) in [6, 6.07) is 13.4. The van der Waals surface area contributed by atoms with Gasteiger partial charge >= 0.3 is 5.97 Å². The molecule has 0 saturated heterocycles. The van der Waals surface area contributed by atoms with E-state index in [1.165, 1.54) is 31.2 Å². The highest BCUT2D eigenvalue weighted by Crippen LogP contribution is 2.27. The SMILES string of the molecule is C[C@@H](OC(=O)[C@H]1COc2ccccc2C1)C(=O)c1ccc(NS(C)(=O)=O)cc1. The van der Waals surface area contributed by atoms with Gasteiger partial charge in [0.2, 0.25) is 15.8 Å². The summed E-state index contributed by atoms with van der Waals surface area (Å²) in [5.74, 6) is -0.549. The van der Waals surface area contributed by atoms with Crippen molar-refractivity contribution < 1.29 is 27.5 Å². The quantitative estimate of drug-likeness (QED) is 0.588. The van der Waals surface area contributed by atoms with Crippen molar-refractivity contribution in [1.82, 2.24) is 0 Å². The summed E-state index contributed by atoms with van der Waals surface area (Å²) in [5.41, 5.74) is 1.61. The number of benzene rings is 2. The maximum Gasteiger partial charge on any atom is 0.313 e. The molecule has 1 N–H and O–H groups in total. The Morgan fingerprint density at radius 3 is 2.50 bits per heavy atom. The molecule has 2 aromatic rings. The van der Waals surface area contributed by atoms with Gasteiger partial charge in [-0.3, -0.25) is 14.3 Å². The molecular weight excluding hydrogens is 382 g/mol. The molecule has 148 valence electrons. The first-order valence-corrected chi connectivity index (χ1v) is 10.7. The van der Waals surface area contributed by atoms with Crippen molar-refractivity contribution in [3.63, 3.8) is 0 Å². The number of nitrogens with one attached hydrogen (secondary N) is 1. The first kappa shape index (κ1) is 19.9. The van der Waals surface area contributed by atoms with Gasteiger partial charge in [0.1, 0.15) is 12.4 Å². The van der Waals surface area contributed by atoms with E-state index < -0.39 is 28.0 Å². The maximum atomic E-state index is 12.5. The molecule has 0 bridgehead atoms. The summed E-state index contributed by atoms with van der Waals surface area (Å²) in [7, 11) is -3.39. The molecule has 0 amide bonds. The van der Waals surface area contributed by atoms with Crippen LogP contribution in [0.5, 0.6) is 5.75 Å². The number of anilines is 1. The van der Waals surface area contributed by atoms with Gasteiger partial charge in [-0.25, -0.2) is 8.42 Å². The Morgan fingerprint density at radius 2 is 1.82 bits per heavy atom. The van der Waals surface area contributed by atoms with Crippen LogP contribution in [-0.4, -0.2) is 39.1 Å². The van der Waals surface area contributed by atoms with Crippen LogP contribution in [0, 0.1) is 5.92 Å². The van der Waals surface area contributed by atoms with Crippen molar-refractivity contribution in [2.75, 3.05) is 17.6 Å². The van der Waals surface area contributed by atoms with E-state index in [1.54, 1.807) is 0 Å². The summed E-state index contributed by atoms with van der Waals surface area (Å²) in [6.45, 7) is 1.73. The van der Waals surface area contributed by atoms with Crippen molar-refractivity contribution in [2.45, 2.75) is 19.4 Å². The smallest absolute Gasteiger partial charge is 0.313 e. The molecule has 8 heteroatoms. The zero-order chi connectivity index (χ0) is 20.3. The van der Waals surface area contributed by atoms with Crippen LogP contribution in [0.25, 0.3) is 0 Å². The van der Waals surface area contributed by atoms with Gasteiger partial charge in [0.25, 0.3) is 0 Å². The lowest BCUT2D eigenvalue weighted by Crippen LogP contribution is -2.34. The predicted molar refractivity (Wildman–Crippen MR) is 104 cm³/mol. The molecule has 1 aliphatic rings. The highest BCUT2D eigenvalue weighted by Gasteiger charge is 2.30. The molecule has 0 aromatic heterocycles. The number of rotatable bonds is 6. The highest BCUT2D eigenvalue weighted by atomic mass is 32.2. The van der Waals surface area contributed by atoms with E-state index in [1.807, 2.05) is 24.3 Å². The van der Waals surface area contributed by atoms with E-state index in [9.17, 15) is 18.0 Å². The van der Waals surface area contributed by atoms with Crippen LogP contribution in [0.2, 0.25) is 0 Å². The Hall–Kier alpha value is -2.87. The van der Waals surface area contributed by atoms with Crippen molar-refractivity contribution in [3.05, 3.63) is 59.7 Å². The van der Waals surface area contributed by atoms with Crippen LogP contribution < -0.4 is 9.46 Å². The fraction of sp³-hybridized carbons (Fsp3) is 0.300. The van der Waals surface area contributed by atoms with E-state index in [0.29, 0.717) is 17.7 Å². The topological polar surface area (TPSA) is 98.8 Å². The second-order valence-corrected chi connectivity index (χ2v) is 8.46. The van der Waals surface area contributed by atoms with Gasteiger partial charge in [-0.1, -0.05) is 18.2 Å². The average molecular weight is 403 g/mol. The average Bonchev–Trinajstić information content (AvgIpc) is 2.66. The van der Waals surface area contributed by atoms with Gasteiger partial charge in [0.05, 0.1) is 12.2 Å². The Balaban J connectivity index is 1.60. The number of ketones is 1. The summed E-state index contributed by atoms with van der Waals surface area (Å²) in [5, 5.41) is 0.